The predicted molar refractivity (Wildman–Crippen MR) is 130 cm³/mol. The van der Waals surface area contributed by atoms with Gasteiger partial charge in [-0.05, 0) is 42.0 Å². The number of hydrogen-bond acceptors (Lipinski definition) is 6. The van der Waals surface area contributed by atoms with Crippen molar-refractivity contribution >= 4 is 35.1 Å². The molecule has 33 heavy (non-hydrogen) atoms. The van der Waals surface area contributed by atoms with Crippen LogP contribution in [0.3, 0.4) is 0 Å². The number of halogens is 1. The third-order valence-electron chi connectivity index (χ3n) is 5.38. The fraction of sp³-hybridized carbons (Fsp3) is 0.125. The Kier molecular flexibility index (Phi) is 6.06. The van der Waals surface area contributed by atoms with E-state index in [9.17, 15) is 9.18 Å². The smallest absolute Gasteiger partial charge is 0.238 e. The van der Waals surface area contributed by atoms with Gasteiger partial charge in [-0.2, -0.15) is 0 Å². The molecule has 0 fully saturated rings. The molecule has 1 aliphatic heterocycles. The van der Waals surface area contributed by atoms with Crippen molar-refractivity contribution in [3.05, 3.63) is 90.2 Å². The fourth-order valence-corrected chi connectivity index (χ4v) is 5.67. The van der Waals surface area contributed by atoms with Crippen LogP contribution in [-0.2, 0) is 4.79 Å². The number of fused-ring (bicyclic) bond motifs is 1. The summed E-state index contributed by atoms with van der Waals surface area (Å²) in [4.78, 5) is 16.5. The standard InChI is InChI=1S/C24H20FN5OS2/c25-18-12-10-17(11-13-18)23-27-28-24(30(23)26)33-15-22(31)29-19-8-4-5-9-21(19)32-14-20(29)16-6-2-1-3-7-16/h1-13,20H,14-15,26H2/t20-/m0/s1. The van der Waals surface area contributed by atoms with Crippen molar-refractivity contribution in [2.45, 2.75) is 16.1 Å². The van der Waals surface area contributed by atoms with Crippen LogP contribution in [0.2, 0.25) is 0 Å². The summed E-state index contributed by atoms with van der Waals surface area (Å²) in [6, 6.07) is 23.8. The second-order valence-corrected chi connectivity index (χ2v) is 9.45. The first-order valence-electron chi connectivity index (χ1n) is 10.3. The molecule has 1 aliphatic rings. The van der Waals surface area contributed by atoms with Gasteiger partial charge in [-0.25, -0.2) is 9.07 Å². The van der Waals surface area contributed by atoms with Gasteiger partial charge in [0.05, 0.1) is 17.5 Å². The molecule has 2 N–H and O–H groups in total. The number of carbonyl (C=O) groups is 1. The number of para-hydroxylation sites is 1. The normalized spacial score (nSPS) is 15.3. The van der Waals surface area contributed by atoms with Crippen molar-refractivity contribution in [1.29, 1.82) is 0 Å². The lowest BCUT2D eigenvalue weighted by atomic mass is 10.1. The second-order valence-electron chi connectivity index (χ2n) is 7.44. The average molecular weight is 478 g/mol. The van der Waals surface area contributed by atoms with Crippen LogP contribution >= 0.6 is 23.5 Å². The number of carbonyl (C=O) groups excluding carboxylic acids is 1. The number of nitrogen functional groups attached to an aromatic ring is 1. The molecule has 4 aromatic rings. The molecule has 6 nitrogen and oxygen atoms in total. The molecule has 166 valence electrons. The first-order valence-corrected chi connectivity index (χ1v) is 12.3. The number of hydrogen-bond donors (Lipinski definition) is 1. The monoisotopic (exact) mass is 477 g/mol. The Morgan fingerprint density at radius 1 is 1.03 bits per heavy atom. The second kappa shape index (κ2) is 9.29. The zero-order valence-corrected chi connectivity index (χ0v) is 19.1. The molecular weight excluding hydrogens is 457 g/mol. The number of benzene rings is 3. The van der Waals surface area contributed by atoms with Gasteiger partial charge in [0, 0.05) is 16.2 Å². The first kappa shape index (κ1) is 21.5. The van der Waals surface area contributed by atoms with E-state index in [4.69, 9.17) is 5.84 Å². The Hall–Kier alpha value is -3.30. The summed E-state index contributed by atoms with van der Waals surface area (Å²) in [5.41, 5.74) is 2.66. The predicted octanol–water partition coefficient (Wildman–Crippen LogP) is 4.77. The Labute approximate surface area is 199 Å². The van der Waals surface area contributed by atoms with Crippen LogP contribution < -0.4 is 10.7 Å². The van der Waals surface area contributed by atoms with Gasteiger partial charge in [0.25, 0.3) is 0 Å². The van der Waals surface area contributed by atoms with Crippen molar-refractivity contribution < 1.29 is 9.18 Å². The number of nitrogens with two attached hydrogens (primary N) is 1. The van der Waals surface area contributed by atoms with Gasteiger partial charge >= 0.3 is 0 Å². The summed E-state index contributed by atoms with van der Waals surface area (Å²) >= 11 is 2.99. The van der Waals surface area contributed by atoms with Gasteiger partial charge in [0.2, 0.25) is 11.1 Å². The van der Waals surface area contributed by atoms with E-state index < -0.39 is 0 Å². The van der Waals surface area contributed by atoms with E-state index >= 15 is 0 Å². The van der Waals surface area contributed by atoms with Crippen LogP contribution in [0.5, 0.6) is 0 Å². The van der Waals surface area contributed by atoms with Gasteiger partial charge in [-0.3, -0.25) is 4.79 Å². The maximum Gasteiger partial charge on any atom is 0.238 e. The van der Waals surface area contributed by atoms with Crippen LogP contribution in [0.4, 0.5) is 10.1 Å². The van der Waals surface area contributed by atoms with Crippen LogP contribution in [0.1, 0.15) is 11.6 Å². The van der Waals surface area contributed by atoms with Crippen molar-refractivity contribution in [2.75, 3.05) is 22.2 Å². The van der Waals surface area contributed by atoms with Crippen LogP contribution in [-0.4, -0.2) is 32.3 Å². The topological polar surface area (TPSA) is 77.0 Å². The Morgan fingerprint density at radius 2 is 1.76 bits per heavy atom. The lowest BCUT2D eigenvalue weighted by Crippen LogP contribution is -2.39. The van der Waals surface area contributed by atoms with E-state index in [0.717, 1.165) is 21.9 Å². The summed E-state index contributed by atoms with van der Waals surface area (Å²) in [5, 5.41) is 8.67. The van der Waals surface area contributed by atoms with Crippen LogP contribution in [0.25, 0.3) is 11.4 Å². The molecule has 1 atom stereocenters. The minimum absolute atomic E-state index is 0.0343. The molecule has 0 saturated heterocycles. The molecule has 2 heterocycles. The van der Waals surface area contributed by atoms with Gasteiger partial charge in [0.1, 0.15) is 5.82 Å². The van der Waals surface area contributed by atoms with Crippen molar-refractivity contribution in [3.63, 3.8) is 0 Å². The highest BCUT2D eigenvalue weighted by Gasteiger charge is 2.32. The number of amides is 1. The van der Waals surface area contributed by atoms with Crippen LogP contribution in [0, 0.1) is 5.82 Å². The SMILES string of the molecule is Nn1c(SCC(=O)N2c3ccccc3SC[C@H]2c2ccccc2)nnc1-c1ccc(F)cc1. The first-order chi connectivity index (χ1) is 16.1. The van der Waals surface area contributed by atoms with E-state index in [1.807, 2.05) is 47.4 Å². The van der Waals surface area contributed by atoms with Crippen molar-refractivity contribution in [2.24, 2.45) is 0 Å². The molecule has 1 amide bonds. The maximum atomic E-state index is 13.5. The van der Waals surface area contributed by atoms with E-state index in [1.54, 1.807) is 23.9 Å². The number of anilines is 1. The lowest BCUT2D eigenvalue weighted by Gasteiger charge is -2.37. The molecule has 0 radical (unpaired) electrons. The number of nitrogens with zero attached hydrogens (tertiary/aromatic N) is 4. The summed E-state index contributed by atoms with van der Waals surface area (Å²) in [6.07, 6.45) is 0. The highest BCUT2D eigenvalue weighted by Crippen LogP contribution is 2.43. The maximum absolute atomic E-state index is 13.5. The summed E-state index contributed by atoms with van der Waals surface area (Å²) in [6.45, 7) is 0. The highest BCUT2D eigenvalue weighted by molar-refractivity contribution is 8.00. The average Bonchev–Trinajstić information content (AvgIpc) is 3.23. The van der Waals surface area contributed by atoms with E-state index in [-0.39, 0.29) is 23.5 Å². The molecule has 5 rings (SSSR count). The van der Waals surface area contributed by atoms with Crippen molar-refractivity contribution in [3.8, 4) is 11.4 Å². The van der Waals surface area contributed by atoms with Gasteiger partial charge in [0.15, 0.2) is 5.82 Å². The number of aromatic nitrogens is 3. The van der Waals surface area contributed by atoms with Crippen molar-refractivity contribution in [1.82, 2.24) is 14.9 Å². The largest absolute Gasteiger partial charge is 0.335 e. The lowest BCUT2D eigenvalue weighted by molar-refractivity contribution is -0.116. The fourth-order valence-electron chi connectivity index (χ4n) is 3.79. The van der Waals surface area contributed by atoms with E-state index in [2.05, 4.69) is 22.3 Å². The van der Waals surface area contributed by atoms with Gasteiger partial charge < -0.3 is 10.7 Å². The van der Waals surface area contributed by atoms with E-state index in [1.165, 1.54) is 28.6 Å². The minimum Gasteiger partial charge on any atom is -0.335 e. The molecule has 9 heteroatoms. The molecule has 0 saturated carbocycles. The highest BCUT2D eigenvalue weighted by atomic mass is 32.2. The van der Waals surface area contributed by atoms with E-state index in [0.29, 0.717) is 16.5 Å². The molecule has 0 spiro atoms. The summed E-state index contributed by atoms with van der Waals surface area (Å²) in [7, 11) is 0. The molecular formula is C24H20FN5OS2. The van der Waals surface area contributed by atoms with Crippen LogP contribution in [0.15, 0.2) is 88.9 Å². The molecule has 0 unspecified atom stereocenters. The Morgan fingerprint density at radius 3 is 2.55 bits per heavy atom. The summed E-state index contributed by atoms with van der Waals surface area (Å²) < 4.78 is 14.6. The van der Waals surface area contributed by atoms with Gasteiger partial charge in [-0.1, -0.05) is 54.2 Å². The molecule has 0 bridgehead atoms. The zero-order valence-electron chi connectivity index (χ0n) is 17.5. The quantitative estimate of drug-likeness (QED) is 0.330. The summed E-state index contributed by atoms with van der Waals surface area (Å²) in [5.74, 6) is 7.15. The minimum atomic E-state index is -0.338. The molecule has 0 aliphatic carbocycles. The Balaban J connectivity index is 1.39. The number of rotatable bonds is 5. The third-order valence-corrected chi connectivity index (χ3v) is 7.44. The zero-order chi connectivity index (χ0) is 22.8. The Bertz CT molecular complexity index is 1280. The van der Waals surface area contributed by atoms with Gasteiger partial charge in [-0.15, -0.1) is 22.0 Å². The third kappa shape index (κ3) is 4.34. The molecule has 1 aromatic heterocycles. The molecule has 3 aromatic carbocycles. The number of thioether (sulfide) groups is 2.